The number of fused-ring (bicyclic) bond motifs is 1. The van der Waals surface area contributed by atoms with Crippen molar-refractivity contribution in [1.82, 2.24) is 4.98 Å². The molecule has 0 N–H and O–H groups in total. The molecule has 0 radical (unpaired) electrons. The van der Waals surface area contributed by atoms with Crippen LogP contribution < -0.4 is 4.74 Å². The zero-order valence-corrected chi connectivity index (χ0v) is 12.3. The molecule has 20 heavy (non-hydrogen) atoms. The van der Waals surface area contributed by atoms with Gasteiger partial charge in [-0.3, -0.25) is 4.79 Å². The molecule has 3 rings (SSSR count). The molecule has 0 bridgehead atoms. The number of Topliss-reactive ketones (excluding diaryl/α,β-unsaturated/α-hetero) is 1. The van der Waals surface area contributed by atoms with Crippen LogP contribution >= 0.6 is 11.3 Å². The van der Waals surface area contributed by atoms with Crippen molar-refractivity contribution in [2.75, 3.05) is 6.61 Å². The first-order valence-corrected chi connectivity index (χ1v) is 7.80. The minimum atomic E-state index is 0.262. The lowest BCUT2D eigenvalue weighted by molar-refractivity contribution is 0.0972. The predicted molar refractivity (Wildman–Crippen MR) is 79.8 cm³/mol. The first-order chi connectivity index (χ1) is 9.74. The summed E-state index contributed by atoms with van der Waals surface area (Å²) in [7, 11) is 0. The number of rotatable bonds is 4. The Bertz CT molecular complexity index is 633. The van der Waals surface area contributed by atoms with Crippen LogP contribution in [0.4, 0.5) is 0 Å². The lowest BCUT2D eigenvalue weighted by atomic mass is 9.90. The van der Waals surface area contributed by atoms with Crippen LogP contribution in [0.15, 0.2) is 23.7 Å². The van der Waals surface area contributed by atoms with Gasteiger partial charge in [-0.05, 0) is 43.5 Å². The first-order valence-electron chi connectivity index (χ1n) is 6.92. The second-order valence-electron chi connectivity index (χ2n) is 5.06. The largest absolute Gasteiger partial charge is 0.493 e. The van der Waals surface area contributed by atoms with Crippen molar-refractivity contribution in [3.8, 4) is 5.75 Å². The summed E-state index contributed by atoms with van der Waals surface area (Å²) in [5, 5.41) is 0. The van der Waals surface area contributed by atoms with Gasteiger partial charge in [0.15, 0.2) is 5.78 Å². The van der Waals surface area contributed by atoms with Crippen molar-refractivity contribution in [2.24, 2.45) is 0 Å². The van der Waals surface area contributed by atoms with E-state index in [2.05, 4.69) is 4.98 Å². The van der Waals surface area contributed by atoms with Crippen LogP contribution in [0, 0.1) is 6.92 Å². The SMILES string of the molecule is Cc1ncsc1CCOc1ccc2c(c1)CCCC2=O. The molecule has 1 heterocycles. The summed E-state index contributed by atoms with van der Waals surface area (Å²) in [6.45, 7) is 2.67. The molecule has 1 aromatic carbocycles. The molecular formula is C16H17NO2S. The topological polar surface area (TPSA) is 39.2 Å². The molecule has 0 atom stereocenters. The summed E-state index contributed by atoms with van der Waals surface area (Å²) in [6, 6.07) is 5.83. The molecule has 0 amide bonds. The molecule has 4 heteroatoms. The monoisotopic (exact) mass is 287 g/mol. The third-order valence-electron chi connectivity index (χ3n) is 3.67. The highest BCUT2D eigenvalue weighted by Crippen LogP contribution is 2.25. The molecule has 1 aliphatic carbocycles. The van der Waals surface area contributed by atoms with Crippen molar-refractivity contribution in [3.05, 3.63) is 45.4 Å². The van der Waals surface area contributed by atoms with E-state index in [4.69, 9.17) is 4.74 Å². The van der Waals surface area contributed by atoms with Crippen LogP contribution in [0.1, 0.15) is 39.3 Å². The molecule has 0 saturated heterocycles. The molecule has 2 aromatic rings. The highest BCUT2D eigenvalue weighted by atomic mass is 32.1. The lowest BCUT2D eigenvalue weighted by Gasteiger charge is -2.15. The third-order valence-corrected chi connectivity index (χ3v) is 4.66. The number of hydrogen-bond acceptors (Lipinski definition) is 4. The smallest absolute Gasteiger partial charge is 0.163 e. The van der Waals surface area contributed by atoms with E-state index in [1.54, 1.807) is 11.3 Å². The van der Waals surface area contributed by atoms with E-state index in [0.717, 1.165) is 41.8 Å². The van der Waals surface area contributed by atoms with E-state index in [-0.39, 0.29) is 5.78 Å². The predicted octanol–water partition coefficient (Wildman–Crippen LogP) is 3.59. The van der Waals surface area contributed by atoms with Gasteiger partial charge >= 0.3 is 0 Å². The normalized spacial score (nSPS) is 14.2. The summed E-state index contributed by atoms with van der Waals surface area (Å²) in [4.78, 5) is 17.3. The van der Waals surface area contributed by atoms with Crippen molar-refractivity contribution in [2.45, 2.75) is 32.6 Å². The fraction of sp³-hybridized carbons (Fsp3) is 0.375. The number of ether oxygens (including phenoxy) is 1. The summed E-state index contributed by atoms with van der Waals surface area (Å²) >= 11 is 1.67. The van der Waals surface area contributed by atoms with Gasteiger partial charge in [0.25, 0.3) is 0 Å². The molecule has 1 aromatic heterocycles. The van der Waals surface area contributed by atoms with Crippen molar-refractivity contribution in [3.63, 3.8) is 0 Å². The highest BCUT2D eigenvalue weighted by molar-refractivity contribution is 7.09. The standard InChI is InChI=1S/C16H17NO2S/c1-11-16(20-10-17-11)7-8-19-13-5-6-14-12(9-13)3-2-4-15(14)18/h5-6,9-10H,2-4,7-8H2,1H3. The van der Waals surface area contributed by atoms with Gasteiger partial charge in [0.2, 0.25) is 0 Å². The summed E-state index contributed by atoms with van der Waals surface area (Å²) in [5.41, 5.74) is 4.97. The van der Waals surface area contributed by atoms with E-state index in [1.807, 2.05) is 30.6 Å². The van der Waals surface area contributed by atoms with Gasteiger partial charge in [-0.25, -0.2) is 4.98 Å². The lowest BCUT2D eigenvalue weighted by Crippen LogP contribution is -2.11. The fourth-order valence-electron chi connectivity index (χ4n) is 2.54. The Morgan fingerprint density at radius 2 is 2.25 bits per heavy atom. The Labute approximate surface area is 122 Å². The number of carbonyl (C=O) groups excluding carboxylic acids is 1. The summed E-state index contributed by atoms with van der Waals surface area (Å²) in [6.07, 6.45) is 3.49. The van der Waals surface area contributed by atoms with Gasteiger partial charge in [0, 0.05) is 23.3 Å². The van der Waals surface area contributed by atoms with Crippen LogP contribution in [0.2, 0.25) is 0 Å². The molecule has 0 spiro atoms. The average Bonchev–Trinajstić information content (AvgIpc) is 2.85. The number of thiazole rings is 1. The second-order valence-corrected chi connectivity index (χ2v) is 5.99. The number of carbonyl (C=O) groups is 1. The van der Waals surface area contributed by atoms with Gasteiger partial charge in [-0.15, -0.1) is 11.3 Å². The maximum atomic E-state index is 11.8. The maximum Gasteiger partial charge on any atom is 0.163 e. The van der Waals surface area contributed by atoms with Crippen LogP contribution in [0.25, 0.3) is 0 Å². The Balaban J connectivity index is 1.64. The van der Waals surface area contributed by atoms with E-state index < -0.39 is 0 Å². The van der Waals surface area contributed by atoms with Gasteiger partial charge < -0.3 is 4.74 Å². The molecule has 3 nitrogen and oxygen atoms in total. The zero-order valence-electron chi connectivity index (χ0n) is 11.5. The number of aryl methyl sites for hydroxylation is 2. The van der Waals surface area contributed by atoms with Crippen LogP contribution in [-0.2, 0) is 12.8 Å². The molecule has 0 unspecified atom stereocenters. The average molecular weight is 287 g/mol. The van der Waals surface area contributed by atoms with Gasteiger partial charge in [0.05, 0.1) is 17.8 Å². The summed E-state index contributed by atoms with van der Waals surface area (Å²) in [5.74, 6) is 1.12. The maximum absolute atomic E-state index is 11.8. The van der Waals surface area contributed by atoms with Crippen LogP contribution in [-0.4, -0.2) is 17.4 Å². The number of benzene rings is 1. The molecular weight excluding hydrogens is 270 g/mol. The minimum absolute atomic E-state index is 0.262. The number of ketones is 1. The van der Waals surface area contributed by atoms with E-state index in [1.165, 1.54) is 4.88 Å². The Kier molecular flexibility index (Phi) is 3.83. The van der Waals surface area contributed by atoms with Gasteiger partial charge in [-0.1, -0.05) is 0 Å². The fourth-order valence-corrected chi connectivity index (χ4v) is 3.30. The van der Waals surface area contributed by atoms with E-state index in [9.17, 15) is 4.79 Å². The van der Waals surface area contributed by atoms with Gasteiger partial charge in [-0.2, -0.15) is 0 Å². The first kappa shape index (κ1) is 13.3. The highest BCUT2D eigenvalue weighted by Gasteiger charge is 2.17. The van der Waals surface area contributed by atoms with Crippen molar-refractivity contribution in [1.29, 1.82) is 0 Å². The third kappa shape index (κ3) is 2.75. The minimum Gasteiger partial charge on any atom is -0.493 e. The zero-order chi connectivity index (χ0) is 13.9. The molecule has 0 fully saturated rings. The Hall–Kier alpha value is -1.68. The second kappa shape index (κ2) is 5.75. The molecule has 104 valence electrons. The summed E-state index contributed by atoms with van der Waals surface area (Å²) < 4.78 is 5.80. The number of nitrogens with zero attached hydrogens (tertiary/aromatic N) is 1. The molecule has 0 aliphatic heterocycles. The molecule has 1 aliphatic rings. The number of hydrogen-bond donors (Lipinski definition) is 0. The van der Waals surface area contributed by atoms with E-state index >= 15 is 0 Å². The van der Waals surface area contributed by atoms with Gasteiger partial charge in [0.1, 0.15) is 5.75 Å². The van der Waals surface area contributed by atoms with Crippen LogP contribution in [0.3, 0.4) is 0 Å². The van der Waals surface area contributed by atoms with Crippen LogP contribution in [0.5, 0.6) is 5.75 Å². The van der Waals surface area contributed by atoms with E-state index in [0.29, 0.717) is 13.0 Å². The molecule has 0 saturated carbocycles. The Morgan fingerprint density at radius 3 is 3.05 bits per heavy atom. The number of aromatic nitrogens is 1. The van der Waals surface area contributed by atoms with Crippen molar-refractivity contribution < 1.29 is 9.53 Å². The Morgan fingerprint density at radius 1 is 1.35 bits per heavy atom. The quantitative estimate of drug-likeness (QED) is 0.862. The van der Waals surface area contributed by atoms with Crippen molar-refractivity contribution >= 4 is 17.1 Å².